The molecule has 0 aliphatic carbocycles. The monoisotopic (exact) mass is 677 g/mol. The molecular formula is C38H39N5O5S. The summed E-state index contributed by atoms with van der Waals surface area (Å²) in [4.78, 5) is 43.7. The van der Waals surface area contributed by atoms with Crippen molar-refractivity contribution in [3.05, 3.63) is 119 Å². The van der Waals surface area contributed by atoms with Gasteiger partial charge >= 0.3 is 0 Å². The Morgan fingerprint density at radius 3 is 2.20 bits per heavy atom. The zero-order valence-corrected chi connectivity index (χ0v) is 28.8. The summed E-state index contributed by atoms with van der Waals surface area (Å²) >= 11 is 0. The molecule has 0 bridgehead atoms. The van der Waals surface area contributed by atoms with E-state index >= 15 is 0 Å². The van der Waals surface area contributed by atoms with Gasteiger partial charge in [0.05, 0.1) is 16.6 Å². The van der Waals surface area contributed by atoms with Crippen molar-refractivity contribution in [2.45, 2.75) is 51.1 Å². The first-order chi connectivity index (χ1) is 23.4. The first-order valence-electron chi connectivity index (χ1n) is 16.1. The minimum absolute atomic E-state index is 0.0186. The van der Waals surface area contributed by atoms with Gasteiger partial charge in [-0.05, 0) is 66.8 Å². The standard InChI is InChI=1S/C38H39N5O5S/c1-23(2)22-33(37(45)40-41-49(47,48)28-20-18-27(19-21-28)39-25(4)44)43-36(29-10-6-7-11-30(29)38(43)46)34-31-12-8-9-13-32(31)42(5)35(34)26-16-14-24(3)15-17-26/h6-21,23,33,36,41H,22H2,1-5H3,(H,39,44)(H,40,45). The van der Waals surface area contributed by atoms with Crippen molar-refractivity contribution >= 4 is 44.3 Å². The molecule has 3 N–H and O–H groups in total. The van der Waals surface area contributed by atoms with Gasteiger partial charge in [0.25, 0.3) is 21.8 Å². The predicted octanol–water partition coefficient (Wildman–Crippen LogP) is 6.08. The number of carbonyl (C=O) groups is 3. The molecule has 2 heterocycles. The van der Waals surface area contributed by atoms with Gasteiger partial charge in [-0.15, -0.1) is 4.83 Å². The first-order valence-corrected chi connectivity index (χ1v) is 17.6. The van der Waals surface area contributed by atoms with Gasteiger partial charge in [-0.2, -0.15) is 0 Å². The normalized spacial score (nSPS) is 15.0. The number of nitrogens with one attached hydrogen (secondary N) is 3. The minimum Gasteiger partial charge on any atom is -0.343 e. The highest BCUT2D eigenvalue weighted by Gasteiger charge is 2.46. The number of carbonyl (C=O) groups excluding carboxylic acids is 3. The van der Waals surface area contributed by atoms with Gasteiger partial charge in [0.1, 0.15) is 6.04 Å². The molecule has 4 aromatic carbocycles. The number of fused-ring (bicyclic) bond motifs is 2. The number of sulfonamides is 1. The lowest BCUT2D eigenvalue weighted by Gasteiger charge is -2.34. The van der Waals surface area contributed by atoms with Crippen LogP contribution in [0.2, 0.25) is 0 Å². The summed E-state index contributed by atoms with van der Waals surface area (Å²) in [6.45, 7) is 7.30. The SMILES string of the molecule is CC(=O)Nc1ccc(S(=O)(=O)NNC(=O)C(CC(C)C)N2C(=O)c3ccccc3C2c2c(-c3ccc(C)cc3)n(C)c3ccccc23)cc1. The Bertz CT molecular complexity index is 2170. The molecule has 1 aromatic heterocycles. The number of amides is 3. The number of nitrogens with zero attached hydrogens (tertiary/aromatic N) is 2. The first kappa shape index (κ1) is 33.6. The second-order valence-corrected chi connectivity index (χ2v) is 14.5. The molecule has 0 saturated heterocycles. The van der Waals surface area contributed by atoms with Crippen LogP contribution in [0.3, 0.4) is 0 Å². The van der Waals surface area contributed by atoms with Crippen molar-refractivity contribution in [2.24, 2.45) is 13.0 Å². The summed E-state index contributed by atoms with van der Waals surface area (Å²) < 4.78 is 28.6. The van der Waals surface area contributed by atoms with Crippen molar-refractivity contribution < 1.29 is 22.8 Å². The van der Waals surface area contributed by atoms with E-state index in [0.717, 1.165) is 38.9 Å². The zero-order chi connectivity index (χ0) is 35.0. The Morgan fingerprint density at radius 1 is 0.878 bits per heavy atom. The van der Waals surface area contributed by atoms with Crippen LogP contribution in [0.1, 0.15) is 60.3 Å². The number of aryl methyl sites for hydroxylation is 2. The molecule has 0 spiro atoms. The minimum atomic E-state index is -4.19. The molecule has 0 radical (unpaired) electrons. The summed E-state index contributed by atoms with van der Waals surface area (Å²) in [5, 5.41) is 3.54. The van der Waals surface area contributed by atoms with E-state index in [1.165, 1.54) is 31.2 Å². The van der Waals surface area contributed by atoms with E-state index in [-0.39, 0.29) is 29.0 Å². The molecule has 1 aliphatic heterocycles. The predicted molar refractivity (Wildman–Crippen MR) is 190 cm³/mol. The lowest BCUT2D eigenvalue weighted by molar-refractivity contribution is -0.127. The second-order valence-electron chi connectivity index (χ2n) is 12.9. The molecule has 10 nitrogen and oxygen atoms in total. The second kappa shape index (κ2) is 13.3. The largest absolute Gasteiger partial charge is 0.343 e. The molecule has 11 heteroatoms. The molecule has 49 heavy (non-hydrogen) atoms. The van der Waals surface area contributed by atoms with Crippen LogP contribution in [0.25, 0.3) is 22.2 Å². The number of hydrogen-bond acceptors (Lipinski definition) is 5. The average Bonchev–Trinajstić information content (AvgIpc) is 3.53. The molecule has 2 atom stereocenters. The van der Waals surface area contributed by atoms with Gasteiger partial charge in [0.2, 0.25) is 5.91 Å². The average molecular weight is 678 g/mol. The van der Waals surface area contributed by atoms with Gasteiger partial charge in [-0.25, -0.2) is 8.42 Å². The third-order valence-electron chi connectivity index (χ3n) is 8.87. The van der Waals surface area contributed by atoms with Crippen LogP contribution in [0, 0.1) is 12.8 Å². The third kappa shape index (κ3) is 6.47. The maximum atomic E-state index is 14.4. The van der Waals surface area contributed by atoms with Crippen LogP contribution in [0.5, 0.6) is 0 Å². The molecule has 3 amide bonds. The van der Waals surface area contributed by atoms with Gasteiger partial charge in [-0.1, -0.05) is 80.1 Å². The number of para-hydroxylation sites is 1. The quantitative estimate of drug-likeness (QED) is 0.154. The van der Waals surface area contributed by atoms with Crippen molar-refractivity contribution in [3.63, 3.8) is 0 Å². The molecule has 1 aliphatic rings. The van der Waals surface area contributed by atoms with E-state index in [1.54, 1.807) is 11.0 Å². The summed E-state index contributed by atoms with van der Waals surface area (Å²) in [7, 11) is -2.19. The van der Waals surface area contributed by atoms with Gasteiger partial charge < -0.3 is 14.8 Å². The third-order valence-corrected chi connectivity index (χ3v) is 10.1. The fraction of sp³-hybridized carbons (Fsp3) is 0.237. The maximum absolute atomic E-state index is 14.4. The van der Waals surface area contributed by atoms with Crippen molar-refractivity contribution in [3.8, 4) is 11.3 Å². The number of benzene rings is 4. The highest BCUT2D eigenvalue weighted by atomic mass is 32.2. The highest BCUT2D eigenvalue weighted by molar-refractivity contribution is 7.89. The molecular weight excluding hydrogens is 639 g/mol. The Labute approximate surface area is 286 Å². The van der Waals surface area contributed by atoms with Crippen LogP contribution in [0.4, 0.5) is 5.69 Å². The zero-order valence-electron chi connectivity index (χ0n) is 28.0. The van der Waals surface area contributed by atoms with E-state index in [1.807, 2.05) is 70.3 Å². The number of aromatic nitrogens is 1. The maximum Gasteiger partial charge on any atom is 0.257 e. The number of hydrazine groups is 1. The van der Waals surface area contributed by atoms with E-state index in [2.05, 4.69) is 44.4 Å². The Kier molecular flexibility index (Phi) is 9.15. The van der Waals surface area contributed by atoms with E-state index in [0.29, 0.717) is 11.3 Å². The molecule has 0 saturated carbocycles. The fourth-order valence-electron chi connectivity index (χ4n) is 6.69. The van der Waals surface area contributed by atoms with E-state index in [4.69, 9.17) is 0 Å². The van der Waals surface area contributed by atoms with Crippen molar-refractivity contribution in [2.75, 3.05) is 5.32 Å². The van der Waals surface area contributed by atoms with Gasteiger partial charge in [0, 0.05) is 41.7 Å². The Morgan fingerprint density at radius 2 is 1.53 bits per heavy atom. The van der Waals surface area contributed by atoms with Crippen LogP contribution in [-0.2, 0) is 26.7 Å². The summed E-state index contributed by atoms with van der Waals surface area (Å²) in [6, 6.07) is 27.6. The summed E-state index contributed by atoms with van der Waals surface area (Å²) in [6.07, 6.45) is 0.278. The molecule has 5 aromatic rings. The van der Waals surface area contributed by atoms with Crippen LogP contribution < -0.4 is 15.6 Å². The summed E-state index contributed by atoms with van der Waals surface area (Å²) in [5.74, 6) is -1.27. The van der Waals surface area contributed by atoms with Crippen LogP contribution >= 0.6 is 0 Å². The summed E-state index contributed by atoms with van der Waals surface area (Å²) in [5.41, 5.74) is 9.01. The highest BCUT2D eigenvalue weighted by Crippen LogP contribution is 2.47. The molecule has 2 unspecified atom stereocenters. The molecule has 252 valence electrons. The Balaban J connectivity index is 1.43. The van der Waals surface area contributed by atoms with Gasteiger partial charge in [-0.3, -0.25) is 19.8 Å². The number of hydrogen-bond donors (Lipinski definition) is 3. The van der Waals surface area contributed by atoms with Crippen molar-refractivity contribution in [1.82, 2.24) is 19.7 Å². The van der Waals surface area contributed by atoms with E-state index < -0.39 is 28.0 Å². The molecule has 6 rings (SSSR count). The van der Waals surface area contributed by atoms with Crippen LogP contribution in [-0.4, -0.2) is 41.6 Å². The lowest BCUT2D eigenvalue weighted by atomic mass is 9.91. The Hall–Kier alpha value is -5.26. The lowest BCUT2D eigenvalue weighted by Crippen LogP contribution is -2.53. The van der Waals surface area contributed by atoms with Gasteiger partial charge in [0.15, 0.2) is 0 Å². The number of rotatable bonds is 10. The fourth-order valence-corrected chi connectivity index (χ4v) is 7.53. The molecule has 0 fully saturated rings. The van der Waals surface area contributed by atoms with E-state index in [9.17, 15) is 22.8 Å². The van der Waals surface area contributed by atoms with Crippen LogP contribution in [0.15, 0.2) is 102 Å². The topological polar surface area (TPSA) is 130 Å². The van der Waals surface area contributed by atoms with Crippen molar-refractivity contribution in [1.29, 1.82) is 0 Å². The number of anilines is 1. The smallest absolute Gasteiger partial charge is 0.257 e.